The lowest BCUT2D eigenvalue weighted by molar-refractivity contribution is -0.122. The van der Waals surface area contributed by atoms with Crippen molar-refractivity contribution < 1.29 is 9.18 Å². The van der Waals surface area contributed by atoms with Crippen molar-refractivity contribution in [2.24, 2.45) is 0 Å². The van der Waals surface area contributed by atoms with Crippen LogP contribution in [0, 0.1) is 5.82 Å². The Kier molecular flexibility index (Phi) is 5.51. The van der Waals surface area contributed by atoms with Gasteiger partial charge in [0.15, 0.2) is 0 Å². The molecule has 0 spiro atoms. The van der Waals surface area contributed by atoms with Gasteiger partial charge in [0.2, 0.25) is 5.91 Å². The molecule has 1 unspecified atom stereocenters. The third-order valence-corrected chi connectivity index (χ3v) is 3.89. The number of nitrogens with one attached hydrogen (secondary N) is 1. The SMILES string of the molecule is CCC(C(=O)NCc1ccc(Br)cc1F)c1ccccc1. The van der Waals surface area contributed by atoms with Gasteiger partial charge in [0, 0.05) is 16.6 Å². The number of halogens is 2. The second-order valence-electron chi connectivity index (χ2n) is 4.83. The van der Waals surface area contributed by atoms with Crippen molar-refractivity contribution in [3.8, 4) is 0 Å². The third kappa shape index (κ3) is 4.14. The standard InChI is InChI=1S/C17H17BrFNO/c1-2-15(12-6-4-3-5-7-12)17(21)20-11-13-8-9-14(18)10-16(13)19/h3-10,15H,2,11H2,1H3,(H,20,21). The molecule has 2 nitrogen and oxygen atoms in total. The average molecular weight is 350 g/mol. The van der Waals surface area contributed by atoms with Gasteiger partial charge in [0.05, 0.1) is 5.92 Å². The van der Waals surface area contributed by atoms with E-state index in [1.165, 1.54) is 6.07 Å². The van der Waals surface area contributed by atoms with E-state index in [4.69, 9.17) is 0 Å². The zero-order valence-corrected chi connectivity index (χ0v) is 13.4. The minimum atomic E-state index is -0.322. The van der Waals surface area contributed by atoms with Crippen molar-refractivity contribution in [2.75, 3.05) is 0 Å². The molecule has 0 fully saturated rings. The normalized spacial score (nSPS) is 12.0. The van der Waals surface area contributed by atoms with Gasteiger partial charge >= 0.3 is 0 Å². The maximum Gasteiger partial charge on any atom is 0.227 e. The first-order valence-electron chi connectivity index (χ1n) is 6.88. The summed E-state index contributed by atoms with van der Waals surface area (Å²) in [7, 11) is 0. The number of hydrogen-bond acceptors (Lipinski definition) is 1. The van der Waals surface area contributed by atoms with Gasteiger partial charge in [-0.1, -0.05) is 59.3 Å². The molecule has 2 aromatic rings. The van der Waals surface area contributed by atoms with Gasteiger partial charge in [-0.3, -0.25) is 4.79 Å². The van der Waals surface area contributed by atoms with Gasteiger partial charge in [-0.15, -0.1) is 0 Å². The number of carbonyl (C=O) groups is 1. The van der Waals surface area contributed by atoms with Gasteiger partial charge in [-0.05, 0) is 24.1 Å². The summed E-state index contributed by atoms with van der Waals surface area (Å²) in [5.74, 6) is -0.604. The fourth-order valence-electron chi connectivity index (χ4n) is 2.23. The third-order valence-electron chi connectivity index (χ3n) is 3.39. The number of carbonyl (C=O) groups excluding carboxylic acids is 1. The Labute approximate surface area is 132 Å². The molecule has 0 bridgehead atoms. The molecule has 0 aromatic heterocycles. The van der Waals surface area contributed by atoms with Crippen LogP contribution in [-0.2, 0) is 11.3 Å². The van der Waals surface area contributed by atoms with E-state index in [1.807, 2.05) is 37.3 Å². The molecular formula is C17H17BrFNO. The molecule has 0 heterocycles. The highest BCUT2D eigenvalue weighted by molar-refractivity contribution is 9.10. The molecule has 110 valence electrons. The summed E-state index contributed by atoms with van der Waals surface area (Å²) in [5, 5.41) is 2.81. The molecule has 2 aromatic carbocycles. The Morgan fingerprint density at radius 2 is 1.95 bits per heavy atom. The van der Waals surface area contributed by atoms with Gasteiger partial charge in [0.25, 0.3) is 0 Å². The molecule has 1 amide bonds. The zero-order valence-electron chi connectivity index (χ0n) is 11.8. The summed E-state index contributed by atoms with van der Waals surface area (Å²) in [6, 6.07) is 14.5. The van der Waals surface area contributed by atoms with Crippen molar-refractivity contribution in [3.05, 3.63) is 69.9 Å². The number of amides is 1. The van der Waals surface area contributed by atoms with E-state index in [1.54, 1.807) is 12.1 Å². The Balaban J connectivity index is 2.03. The molecule has 4 heteroatoms. The van der Waals surface area contributed by atoms with Crippen LogP contribution in [0.25, 0.3) is 0 Å². The van der Waals surface area contributed by atoms with Crippen molar-refractivity contribution >= 4 is 21.8 Å². The monoisotopic (exact) mass is 349 g/mol. The minimum Gasteiger partial charge on any atom is -0.351 e. The molecule has 0 radical (unpaired) electrons. The molecule has 0 saturated carbocycles. The second-order valence-corrected chi connectivity index (χ2v) is 5.74. The van der Waals surface area contributed by atoms with Crippen LogP contribution in [-0.4, -0.2) is 5.91 Å². The molecule has 0 aliphatic heterocycles. The summed E-state index contributed by atoms with van der Waals surface area (Å²) in [4.78, 5) is 12.3. The smallest absolute Gasteiger partial charge is 0.227 e. The lowest BCUT2D eigenvalue weighted by Crippen LogP contribution is -2.29. The molecule has 2 rings (SSSR count). The van der Waals surface area contributed by atoms with Crippen LogP contribution < -0.4 is 5.32 Å². The van der Waals surface area contributed by atoms with Crippen LogP contribution in [0.3, 0.4) is 0 Å². The number of hydrogen-bond donors (Lipinski definition) is 1. The van der Waals surface area contributed by atoms with Gasteiger partial charge < -0.3 is 5.32 Å². The molecule has 0 saturated heterocycles. The first-order chi connectivity index (χ1) is 10.1. The lowest BCUT2D eigenvalue weighted by atomic mass is 9.95. The fraction of sp³-hybridized carbons (Fsp3) is 0.235. The summed E-state index contributed by atoms with van der Waals surface area (Å²) in [6.45, 7) is 2.17. The number of benzene rings is 2. The topological polar surface area (TPSA) is 29.1 Å². The maximum atomic E-state index is 13.7. The van der Waals surface area contributed by atoms with E-state index >= 15 is 0 Å². The van der Waals surface area contributed by atoms with E-state index in [-0.39, 0.29) is 24.2 Å². The fourth-order valence-corrected chi connectivity index (χ4v) is 2.56. The largest absolute Gasteiger partial charge is 0.351 e. The van der Waals surface area contributed by atoms with Crippen LogP contribution >= 0.6 is 15.9 Å². The first kappa shape index (κ1) is 15.7. The van der Waals surface area contributed by atoms with E-state index in [0.717, 1.165) is 5.56 Å². The van der Waals surface area contributed by atoms with E-state index in [0.29, 0.717) is 16.5 Å². The van der Waals surface area contributed by atoms with Crippen LogP contribution in [0.2, 0.25) is 0 Å². The lowest BCUT2D eigenvalue weighted by Gasteiger charge is -2.15. The van der Waals surface area contributed by atoms with Gasteiger partial charge in [-0.25, -0.2) is 4.39 Å². The van der Waals surface area contributed by atoms with Crippen LogP contribution in [0.5, 0.6) is 0 Å². The van der Waals surface area contributed by atoms with Crippen molar-refractivity contribution in [2.45, 2.75) is 25.8 Å². The molecular weight excluding hydrogens is 333 g/mol. The molecule has 1 atom stereocenters. The number of rotatable bonds is 5. The highest BCUT2D eigenvalue weighted by Gasteiger charge is 2.18. The van der Waals surface area contributed by atoms with Crippen LogP contribution in [0.15, 0.2) is 53.0 Å². The van der Waals surface area contributed by atoms with Crippen molar-refractivity contribution in [3.63, 3.8) is 0 Å². The van der Waals surface area contributed by atoms with Gasteiger partial charge in [-0.2, -0.15) is 0 Å². The maximum absolute atomic E-state index is 13.7. The zero-order chi connectivity index (χ0) is 15.2. The molecule has 0 aliphatic carbocycles. The molecule has 1 N–H and O–H groups in total. The quantitative estimate of drug-likeness (QED) is 0.851. The van der Waals surface area contributed by atoms with E-state index in [2.05, 4.69) is 21.2 Å². The van der Waals surface area contributed by atoms with E-state index < -0.39 is 0 Å². The summed E-state index contributed by atoms with van der Waals surface area (Å²) < 4.78 is 14.4. The second kappa shape index (κ2) is 7.36. The molecule has 21 heavy (non-hydrogen) atoms. The Morgan fingerprint density at radius 3 is 2.57 bits per heavy atom. The van der Waals surface area contributed by atoms with E-state index in [9.17, 15) is 9.18 Å². The van der Waals surface area contributed by atoms with Gasteiger partial charge in [0.1, 0.15) is 5.82 Å². The van der Waals surface area contributed by atoms with Crippen molar-refractivity contribution in [1.82, 2.24) is 5.32 Å². The van der Waals surface area contributed by atoms with Crippen LogP contribution in [0.1, 0.15) is 30.4 Å². The van der Waals surface area contributed by atoms with Crippen molar-refractivity contribution in [1.29, 1.82) is 0 Å². The molecule has 0 aliphatic rings. The Hall–Kier alpha value is -1.68. The predicted octanol–water partition coefficient (Wildman–Crippen LogP) is 4.40. The Bertz CT molecular complexity index is 615. The predicted molar refractivity (Wildman–Crippen MR) is 85.4 cm³/mol. The Morgan fingerprint density at radius 1 is 1.24 bits per heavy atom. The summed E-state index contributed by atoms with van der Waals surface area (Å²) in [6.07, 6.45) is 0.707. The van der Waals surface area contributed by atoms with Crippen LogP contribution in [0.4, 0.5) is 4.39 Å². The highest BCUT2D eigenvalue weighted by Crippen LogP contribution is 2.20. The summed E-state index contributed by atoms with van der Waals surface area (Å²) in [5.41, 5.74) is 1.46. The minimum absolute atomic E-state index is 0.0778. The average Bonchev–Trinajstić information content (AvgIpc) is 2.48. The first-order valence-corrected chi connectivity index (χ1v) is 7.67. The highest BCUT2D eigenvalue weighted by atomic mass is 79.9. The summed E-state index contributed by atoms with van der Waals surface area (Å²) >= 11 is 3.21.